The normalized spacial score (nSPS) is 17.8. The maximum absolute atomic E-state index is 12.5. The molecular weight excluding hydrogens is 388 g/mol. The number of benzene rings is 2. The van der Waals surface area contributed by atoms with Crippen molar-refractivity contribution in [3.05, 3.63) is 83.7 Å². The number of hydrogen-bond donors (Lipinski definition) is 2. The first kappa shape index (κ1) is 19.3. The first-order chi connectivity index (χ1) is 15.2. The quantitative estimate of drug-likeness (QED) is 0.476. The van der Waals surface area contributed by atoms with Crippen LogP contribution < -0.4 is 10.1 Å². The van der Waals surface area contributed by atoms with E-state index in [0.29, 0.717) is 24.1 Å². The highest BCUT2D eigenvalue weighted by Gasteiger charge is 2.34. The largest absolute Gasteiger partial charge is 0.496 e. The lowest BCUT2D eigenvalue weighted by Gasteiger charge is -2.35. The minimum Gasteiger partial charge on any atom is -0.496 e. The average Bonchev–Trinajstić information content (AvgIpc) is 3.20. The van der Waals surface area contributed by atoms with E-state index in [1.807, 2.05) is 48.5 Å². The molecule has 156 valence electrons. The van der Waals surface area contributed by atoms with Crippen LogP contribution in [-0.2, 0) is 11.2 Å². The first-order valence-electron chi connectivity index (χ1n) is 10.5. The van der Waals surface area contributed by atoms with E-state index in [1.165, 1.54) is 5.56 Å². The predicted molar refractivity (Wildman–Crippen MR) is 120 cm³/mol. The van der Waals surface area contributed by atoms with Crippen molar-refractivity contribution in [1.82, 2.24) is 15.2 Å². The molecule has 1 aliphatic carbocycles. The number of nitrogens with one attached hydrogen (secondary N) is 2. The molecular formula is C25H24N4O2. The lowest BCUT2D eigenvalue weighted by atomic mass is 9.70. The van der Waals surface area contributed by atoms with Gasteiger partial charge in [-0.25, -0.2) is 0 Å². The Morgan fingerprint density at radius 3 is 2.84 bits per heavy atom. The zero-order chi connectivity index (χ0) is 21.2. The molecule has 1 aliphatic rings. The predicted octanol–water partition coefficient (Wildman–Crippen LogP) is 4.81. The molecule has 1 fully saturated rings. The Hall–Kier alpha value is -3.67. The minimum atomic E-state index is -0.0704. The number of carbonyl (C=O) groups is 1. The third-order valence-corrected chi connectivity index (χ3v) is 6.04. The second-order valence-corrected chi connectivity index (χ2v) is 8.07. The summed E-state index contributed by atoms with van der Waals surface area (Å²) in [5.74, 6) is 2.40. The summed E-state index contributed by atoms with van der Waals surface area (Å²) in [6.45, 7) is 0. The van der Waals surface area contributed by atoms with Gasteiger partial charge in [0.05, 0.1) is 24.7 Å². The molecule has 0 unspecified atom stereocenters. The highest BCUT2D eigenvalue weighted by Crippen LogP contribution is 2.49. The molecule has 6 nitrogen and oxygen atoms in total. The van der Waals surface area contributed by atoms with E-state index in [4.69, 9.17) is 4.74 Å². The number of aromatic amines is 1. The van der Waals surface area contributed by atoms with E-state index in [2.05, 4.69) is 32.6 Å². The summed E-state index contributed by atoms with van der Waals surface area (Å²) in [6.07, 6.45) is 4.14. The molecule has 0 bridgehead atoms. The number of hydrogen-bond acceptors (Lipinski definition) is 4. The van der Waals surface area contributed by atoms with Crippen molar-refractivity contribution in [2.45, 2.75) is 31.1 Å². The molecule has 2 aromatic carbocycles. The fourth-order valence-corrected chi connectivity index (χ4v) is 4.34. The molecule has 0 atom stereocenters. The van der Waals surface area contributed by atoms with Gasteiger partial charge in [0.2, 0.25) is 5.91 Å². The molecule has 31 heavy (non-hydrogen) atoms. The lowest BCUT2D eigenvalue weighted by molar-refractivity contribution is -0.115. The zero-order valence-electron chi connectivity index (χ0n) is 17.3. The summed E-state index contributed by atoms with van der Waals surface area (Å²) in [4.78, 5) is 16.8. The van der Waals surface area contributed by atoms with Crippen LogP contribution in [0, 0.1) is 0 Å². The number of fused-ring (bicyclic) bond motifs is 1. The van der Waals surface area contributed by atoms with Gasteiger partial charge in [0.25, 0.3) is 0 Å². The Labute approximate surface area is 180 Å². The summed E-state index contributed by atoms with van der Waals surface area (Å²) in [6, 6.07) is 19.9. The van der Waals surface area contributed by atoms with Crippen LogP contribution in [0.1, 0.15) is 41.5 Å². The van der Waals surface area contributed by atoms with E-state index in [1.54, 1.807) is 13.3 Å². The lowest BCUT2D eigenvalue weighted by Crippen LogP contribution is -2.21. The van der Waals surface area contributed by atoms with E-state index < -0.39 is 0 Å². The standard InChI is InChI=1S/C25H24N4O2/c1-31-23-7-3-2-6-20(23)18-13-19(14-18)22-15-24(29-28-22)27-25(30)12-16-8-9-21-17(11-16)5-4-10-26-21/h2-11,15,18-19H,12-14H2,1H3,(H2,27,28,29,30)/t18-,19+. The van der Waals surface area contributed by atoms with E-state index in [0.717, 1.165) is 40.8 Å². The second kappa shape index (κ2) is 8.22. The number of ether oxygens (including phenoxy) is 1. The Bertz CT molecular complexity index is 1230. The third kappa shape index (κ3) is 4.01. The smallest absolute Gasteiger partial charge is 0.229 e. The highest BCUT2D eigenvalue weighted by molar-refractivity contribution is 5.92. The monoisotopic (exact) mass is 412 g/mol. The maximum Gasteiger partial charge on any atom is 0.229 e. The van der Waals surface area contributed by atoms with Crippen LogP contribution in [0.2, 0.25) is 0 Å². The average molecular weight is 412 g/mol. The molecule has 1 amide bonds. The number of rotatable bonds is 6. The molecule has 5 rings (SSSR count). The van der Waals surface area contributed by atoms with Crippen molar-refractivity contribution >= 4 is 22.6 Å². The zero-order valence-corrected chi connectivity index (χ0v) is 17.3. The molecule has 0 spiro atoms. The third-order valence-electron chi connectivity index (χ3n) is 6.04. The van der Waals surface area contributed by atoms with Crippen LogP contribution in [0.15, 0.2) is 66.9 Å². The number of methoxy groups -OCH3 is 1. The van der Waals surface area contributed by atoms with Gasteiger partial charge in [0.15, 0.2) is 0 Å². The molecule has 0 aliphatic heterocycles. The van der Waals surface area contributed by atoms with Gasteiger partial charge in [-0.15, -0.1) is 0 Å². The van der Waals surface area contributed by atoms with E-state index in [-0.39, 0.29) is 5.91 Å². The summed E-state index contributed by atoms with van der Waals surface area (Å²) >= 11 is 0. The van der Waals surface area contributed by atoms with E-state index >= 15 is 0 Å². The topological polar surface area (TPSA) is 79.9 Å². The maximum atomic E-state index is 12.5. The molecule has 2 N–H and O–H groups in total. The molecule has 0 saturated heterocycles. The van der Waals surface area contributed by atoms with Crippen molar-refractivity contribution < 1.29 is 9.53 Å². The number of para-hydroxylation sites is 1. The highest BCUT2D eigenvalue weighted by atomic mass is 16.5. The number of anilines is 1. The molecule has 0 radical (unpaired) electrons. The molecule has 2 heterocycles. The number of nitrogens with zero attached hydrogens (tertiary/aromatic N) is 2. The molecule has 4 aromatic rings. The Balaban J connectivity index is 1.19. The fourth-order valence-electron chi connectivity index (χ4n) is 4.34. The van der Waals surface area contributed by atoms with Gasteiger partial charge >= 0.3 is 0 Å². The summed E-state index contributed by atoms with van der Waals surface area (Å²) in [5, 5.41) is 11.4. The number of amides is 1. The van der Waals surface area contributed by atoms with Gasteiger partial charge in [-0.2, -0.15) is 5.10 Å². The van der Waals surface area contributed by atoms with Gasteiger partial charge in [-0.1, -0.05) is 30.3 Å². The molecule has 1 saturated carbocycles. The van der Waals surface area contributed by atoms with Crippen molar-refractivity contribution in [3.8, 4) is 5.75 Å². The van der Waals surface area contributed by atoms with Gasteiger partial charge in [-0.3, -0.25) is 14.9 Å². The summed E-state index contributed by atoms with van der Waals surface area (Å²) in [5.41, 5.74) is 4.14. The van der Waals surface area contributed by atoms with Crippen LogP contribution in [0.4, 0.5) is 5.82 Å². The molecule has 2 aromatic heterocycles. The second-order valence-electron chi connectivity index (χ2n) is 8.07. The molecule has 6 heteroatoms. The number of H-pyrrole nitrogens is 1. The minimum absolute atomic E-state index is 0.0704. The van der Waals surface area contributed by atoms with Crippen molar-refractivity contribution in [2.24, 2.45) is 0 Å². The van der Waals surface area contributed by atoms with Gasteiger partial charge in [0.1, 0.15) is 11.6 Å². The summed E-state index contributed by atoms with van der Waals surface area (Å²) < 4.78 is 5.49. The Morgan fingerprint density at radius 2 is 1.97 bits per heavy atom. The van der Waals surface area contributed by atoms with Crippen LogP contribution in [0.3, 0.4) is 0 Å². The van der Waals surface area contributed by atoms with Gasteiger partial charge < -0.3 is 10.1 Å². The number of pyridine rings is 1. The van der Waals surface area contributed by atoms with Crippen LogP contribution >= 0.6 is 0 Å². The van der Waals surface area contributed by atoms with Crippen LogP contribution in [-0.4, -0.2) is 28.2 Å². The van der Waals surface area contributed by atoms with Crippen molar-refractivity contribution in [1.29, 1.82) is 0 Å². The Kier molecular flexibility index (Phi) is 5.12. The van der Waals surface area contributed by atoms with Crippen LogP contribution in [0.25, 0.3) is 10.9 Å². The fraction of sp³-hybridized carbons (Fsp3) is 0.240. The van der Waals surface area contributed by atoms with Crippen molar-refractivity contribution in [3.63, 3.8) is 0 Å². The van der Waals surface area contributed by atoms with Gasteiger partial charge in [-0.05, 0) is 54.2 Å². The summed E-state index contributed by atoms with van der Waals surface area (Å²) in [7, 11) is 1.71. The Morgan fingerprint density at radius 1 is 1.10 bits per heavy atom. The van der Waals surface area contributed by atoms with Gasteiger partial charge in [0, 0.05) is 23.6 Å². The number of aromatic nitrogens is 3. The first-order valence-corrected chi connectivity index (χ1v) is 10.5. The van der Waals surface area contributed by atoms with Crippen molar-refractivity contribution in [2.75, 3.05) is 12.4 Å². The van der Waals surface area contributed by atoms with E-state index in [9.17, 15) is 4.79 Å². The number of carbonyl (C=O) groups excluding carboxylic acids is 1. The SMILES string of the molecule is COc1ccccc1[C@H]1C[C@@H](c2cc(NC(=O)Cc3ccc4ncccc4c3)[nH]n2)C1. The van der Waals surface area contributed by atoms with Crippen LogP contribution in [0.5, 0.6) is 5.75 Å².